The molecule has 0 bridgehead atoms. The summed E-state index contributed by atoms with van der Waals surface area (Å²) in [6.45, 7) is 6.08. The van der Waals surface area contributed by atoms with Gasteiger partial charge in [0.25, 0.3) is 0 Å². The van der Waals surface area contributed by atoms with Crippen LogP contribution in [0.3, 0.4) is 0 Å². The van der Waals surface area contributed by atoms with Crippen molar-refractivity contribution in [2.75, 3.05) is 6.54 Å². The maximum atomic E-state index is 12.8. The van der Waals surface area contributed by atoms with Gasteiger partial charge >= 0.3 is 0 Å². The summed E-state index contributed by atoms with van der Waals surface area (Å²) in [7, 11) is 0. The number of benzene rings is 1. The molecule has 3 rings (SSSR count). The molecule has 1 aromatic heterocycles. The van der Waals surface area contributed by atoms with Crippen LogP contribution in [-0.4, -0.2) is 22.3 Å². The Bertz CT molecular complexity index is 705. The van der Waals surface area contributed by atoms with Crippen LogP contribution < -0.4 is 4.74 Å². The maximum absolute atomic E-state index is 12.8. The Morgan fingerprint density at radius 3 is 2.69 bits per heavy atom. The Balaban J connectivity index is 1.56. The van der Waals surface area contributed by atoms with Crippen molar-refractivity contribution in [1.29, 1.82) is 0 Å². The van der Waals surface area contributed by atoms with Crippen LogP contribution in [0.2, 0.25) is 0 Å². The van der Waals surface area contributed by atoms with Gasteiger partial charge < -0.3 is 9.64 Å². The van der Waals surface area contributed by atoms with Gasteiger partial charge in [0, 0.05) is 17.8 Å². The number of amides is 1. The molecule has 1 heterocycles. The number of hydrogen-bond acceptors (Lipinski definition) is 4. The Morgan fingerprint density at radius 1 is 1.27 bits per heavy atom. The molecule has 1 amide bonds. The van der Waals surface area contributed by atoms with E-state index in [0.29, 0.717) is 19.1 Å². The lowest BCUT2D eigenvalue weighted by atomic mass is 10.1. The number of carbonyl (C=O) groups is 1. The van der Waals surface area contributed by atoms with Crippen molar-refractivity contribution >= 4 is 17.2 Å². The molecular weight excluding hydrogens is 344 g/mol. The second kappa shape index (κ2) is 9.17. The molecule has 5 heteroatoms. The molecule has 1 fully saturated rings. The first-order valence-electron chi connectivity index (χ1n) is 9.57. The fourth-order valence-electron chi connectivity index (χ4n) is 3.43. The summed E-state index contributed by atoms with van der Waals surface area (Å²) in [5.41, 5.74) is 2.19. The number of rotatable bonds is 8. The van der Waals surface area contributed by atoms with E-state index in [4.69, 9.17) is 4.74 Å². The molecule has 2 aromatic rings. The van der Waals surface area contributed by atoms with Gasteiger partial charge in [0.2, 0.25) is 5.91 Å². The first-order valence-corrected chi connectivity index (χ1v) is 10.4. The normalized spacial score (nSPS) is 14.5. The fraction of sp³-hybridized carbons (Fsp3) is 0.524. The number of hydrogen-bond donors (Lipinski definition) is 0. The van der Waals surface area contributed by atoms with Crippen LogP contribution in [0.1, 0.15) is 55.3 Å². The molecule has 1 aliphatic carbocycles. The molecule has 0 saturated heterocycles. The van der Waals surface area contributed by atoms with Crippen molar-refractivity contribution in [3.63, 3.8) is 0 Å². The van der Waals surface area contributed by atoms with Gasteiger partial charge in [0.1, 0.15) is 17.4 Å². The highest BCUT2D eigenvalue weighted by Gasteiger charge is 2.27. The average Bonchev–Trinajstić information content (AvgIpc) is 3.32. The van der Waals surface area contributed by atoms with Crippen molar-refractivity contribution < 1.29 is 9.53 Å². The second-order valence-electron chi connectivity index (χ2n) is 7.08. The van der Waals surface area contributed by atoms with Gasteiger partial charge in [-0.3, -0.25) is 4.79 Å². The van der Waals surface area contributed by atoms with Gasteiger partial charge in [-0.2, -0.15) is 0 Å². The van der Waals surface area contributed by atoms with Gasteiger partial charge in [-0.25, -0.2) is 4.98 Å². The third kappa shape index (κ3) is 5.07. The van der Waals surface area contributed by atoms with Gasteiger partial charge in [0.15, 0.2) is 0 Å². The van der Waals surface area contributed by atoms with Crippen molar-refractivity contribution in [2.45, 2.75) is 59.1 Å². The summed E-state index contributed by atoms with van der Waals surface area (Å²) in [6.07, 6.45) is 5.45. The SMILES string of the molecule is CCCN(Cc1csc(COc2ccc(C)cc2)n1)C(=O)C1CCCC1. The van der Waals surface area contributed by atoms with E-state index < -0.39 is 0 Å². The van der Waals surface area contributed by atoms with Crippen LogP contribution in [0.4, 0.5) is 0 Å². The van der Waals surface area contributed by atoms with Crippen LogP contribution in [0.5, 0.6) is 5.75 Å². The third-order valence-corrected chi connectivity index (χ3v) is 5.72. The Hall–Kier alpha value is -1.88. The van der Waals surface area contributed by atoms with Crippen molar-refractivity contribution in [2.24, 2.45) is 5.92 Å². The van der Waals surface area contributed by atoms with Crippen molar-refractivity contribution in [3.8, 4) is 5.75 Å². The summed E-state index contributed by atoms with van der Waals surface area (Å²) in [4.78, 5) is 19.4. The number of thiazole rings is 1. The maximum Gasteiger partial charge on any atom is 0.226 e. The average molecular weight is 373 g/mol. The molecular formula is C21H28N2O2S. The topological polar surface area (TPSA) is 42.4 Å². The highest BCUT2D eigenvalue weighted by molar-refractivity contribution is 7.09. The van der Waals surface area contributed by atoms with Crippen LogP contribution in [0, 0.1) is 12.8 Å². The lowest BCUT2D eigenvalue weighted by Gasteiger charge is -2.24. The van der Waals surface area contributed by atoms with E-state index in [1.54, 1.807) is 11.3 Å². The first-order chi connectivity index (χ1) is 12.7. The van der Waals surface area contributed by atoms with E-state index in [1.807, 2.05) is 29.2 Å². The minimum Gasteiger partial charge on any atom is -0.486 e. The fourth-order valence-corrected chi connectivity index (χ4v) is 4.13. The molecule has 0 spiro atoms. The van der Waals surface area contributed by atoms with Crippen molar-refractivity contribution in [3.05, 3.63) is 45.9 Å². The smallest absolute Gasteiger partial charge is 0.226 e. The first kappa shape index (κ1) is 18.9. The van der Waals surface area contributed by atoms with Crippen LogP contribution in [0.15, 0.2) is 29.6 Å². The summed E-state index contributed by atoms with van der Waals surface area (Å²) in [5, 5.41) is 3.00. The number of carbonyl (C=O) groups excluding carboxylic acids is 1. The summed E-state index contributed by atoms with van der Waals surface area (Å²) in [6, 6.07) is 8.04. The van der Waals surface area contributed by atoms with Gasteiger partial charge in [0.05, 0.1) is 12.2 Å². The summed E-state index contributed by atoms with van der Waals surface area (Å²) in [5.74, 6) is 1.40. The predicted octanol–water partition coefficient (Wildman–Crippen LogP) is 4.96. The Kier molecular flexibility index (Phi) is 6.67. The monoisotopic (exact) mass is 372 g/mol. The highest BCUT2D eigenvalue weighted by atomic mass is 32.1. The molecule has 1 aliphatic rings. The van der Waals surface area contributed by atoms with Crippen molar-refractivity contribution in [1.82, 2.24) is 9.88 Å². The zero-order chi connectivity index (χ0) is 18.4. The Morgan fingerprint density at radius 2 is 2.00 bits per heavy atom. The number of nitrogens with zero attached hydrogens (tertiary/aromatic N) is 2. The lowest BCUT2D eigenvalue weighted by molar-refractivity contribution is -0.136. The van der Waals surface area contributed by atoms with Gasteiger partial charge in [-0.15, -0.1) is 11.3 Å². The second-order valence-corrected chi connectivity index (χ2v) is 8.02. The van der Waals surface area contributed by atoms with Crippen LogP contribution in [-0.2, 0) is 17.9 Å². The zero-order valence-electron chi connectivity index (χ0n) is 15.7. The minimum atomic E-state index is 0.226. The molecule has 140 valence electrons. The predicted molar refractivity (Wildman–Crippen MR) is 105 cm³/mol. The molecule has 26 heavy (non-hydrogen) atoms. The molecule has 1 aromatic carbocycles. The molecule has 0 aliphatic heterocycles. The number of aromatic nitrogens is 1. The van der Waals surface area contributed by atoms with Gasteiger partial charge in [-0.05, 0) is 38.3 Å². The summed E-state index contributed by atoms with van der Waals surface area (Å²) < 4.78 is 5.81. The van der Waals surface area contributed by atoms with E-state index in [9.17, 15) is 4.79 Å². The number of aryl methyl sites for hydroxylation is 1. The standard InChI is InChI=1S/C21H28N2O2S/c1-3-12-23(21(24)17-6-4-5-7-17)13-18-15-26-20(22-18)14-25-19-10-8-16(2)9-11-19/h8-11,15,17H,3-7,12-14H2,1-2H3. The highest BCUT2D eigenvalue weighted by Crippen LogP contribution is 2.27. The van der Waals surface area contributed by atoms with E-state index in [2.05, 4.69) is 24.2 Å². The van der Waals surface area contributed by atoms with Crippen LogP contribution >= 0.6 is 11.3 Å². The molecule has 0 radical (unpaired) electrons. The molecule has 1 saturated carbocycles. The molecule has 0 atom stereocenters. The van der Waals surface area contributed by atoms with E-state index >= 15 is 0 Å². The van der Waals surface area contributed by atoms with E-state index in [-0.39, 0.29) is 5.92 Å². The molecule has 0 N–H and O–H groups in total. The largest absolute Gasteiger partial charge is 0.486 e. The van der Waals surface area contributed by atoms with Gasteiger partial charge in [-0.1, -0.05) is 37.5 Å². The molecule has 4 nitrogen and oxygen atoms in total. The Labute approximate surface area is 160 Å². The van der Waals surface area contributed by atoms with E-state index in [1.165, 1.54) is 18.4 Å². The molecule has 0 unspecified atom stereocenters. The van der Waals surface area contributed by atoms with Crippen LogP contribution in [0.25, 0.3) is 0 Å². The quantitative estimate of drug-likeness (QED) is 0.658. The zero-order valence-corrected chi connectivity index (χ0v) is 16.6. The third-order valence-electron chi connectivity index (χ3n) is 4.85. The number of ether oxygens (including phenoxy) is 1. The lowest BCUT2D eigenvalue weighted by Crippen LogP contribution is -2.35. The van der Waals surface area contributed by atoms with E-state index in [0.717, 1.165) is 42.3 Å². The summed E-state index contributed by atoms with van der Waals surface area (Å²) >= 11 is 1.60. The minimum absolute atomic E-state index is 0.226.